The summed E-state index contributed by atoms with van der Waals surface area (Å²) >= 11 is 0. The van der Waals surface area contributed by atoms with Crippen molar-refractivity contribution >= 4 is 28.8 Å². The van der Waals surface area contributed by atoms with Crippen LogP contribution in [0.2, 0.25) is 0 Å². The molecule has 116 valence electrons. The average molecular weight is 308 g/mol. The number of ether oxygens (including phenoxy) is 1. The van der Waals surface area contributed by atoms with Crippen molar-refractivity contribution in [1.29, 1.82) is 0 Å². The van der Waals surface area contributed by atoms with Gasteiger partial charge in [0.15, 0.2) is 5.78 Å². The topological polar surface area (TPSA) is 67.8 Å². The number of hydrogen-bond acceptors (Lipinski definition) is 4. The number of nitrogens with zero attached hydrogens (tertiary/aromatic N) is 1. The molecule has 0 fully saturated rings. The molecular formula is C18H16N2O3. The van der Waals surface area contributed by atoms with Crippen molar-refractivity contribution in [2.75, 3.05) is 12.4 Å². The van der Waals surface area contributed by atoms with E-state index in [-0.39, 0.29) is 18.1 Å². The first kappa shape index (κ1) is 15.0. The number of aliphatic imine (C=N–C) groups is 1. The lowest BCUT2D eigenvalue weighted by Crippen LogP contribution is -2.16. The van der Waals surface area contributed by atoms with E-state index < -0.39 is 0 Å². The summed E-state index contributed by atoms with van der Waals surface area (Å²) in [7, 11) is 1.59. The lowest BCUT2D eigenvalue weighted by Gasteiger charge is -2.17. The zero-order valence-electron chi connectivity index (χ0n) is 12.9. The Kier molecular flexibility index (Phi) is 3.93. The lowest BCUT2D eigenvalue weighted by atomic mass is 9.95. The number of Topliss-reactive ketones (excluding diaryl/α,β-unsaturated/α-hetero) is 1. The van der Waals surface area contributed by atoms with Gasteiger partial charge < -0.3 is 10.1 Å². The highest BCUT2D eigenvalue weighted by Gasteiger charge is 2.23. The van der Waals surface area contributed by atoms with E-state index in [2.05, 4.69) is 10.3 Å². The highest BCUT2D eigenvalue weighted by molar-refractivity contribution is 6.22. The Morgan fingerprint density at radius 1 is 1.17 bits per heavy atom. The summed E-state index contributed by atoms with van der Waals surface area (Å²) in [6, 6.07) is 12.7. The van der Waals surface area contributed by atoms with Crippen LogP contribution in [0.25, 0.3) is 0 Å². The van der Waals surface area contributed by atoms with Crippen LogP contribution >= 0.6 is 0 Å². The van der Waals surface area contributed by atoms with Crippen molar-refractivity contribution in [3.63, 3.8) is 0 Å². The number of fused-ring (bicyclic) bond motifs is 1. The number of carbonyl (C=O) groups is 2. The van der Waals surface area contributed by atoms with Crippen LogP contribution in [-0.2, 0) is 4.79 Å². The standard InChI is InChI=1S/C18H16N2O3/c1-11(21)19-12-7-8-15-14(9-12)17(22)10-16(20-15)13-5-3-4-6-18(13)23-2/h3-9H,10H2,1-2H3,(H,19,21). The molecule has 0 radical (unpaired) electrons. The smallest absolute Gasteiger partial charge is 0.221 e. The monoisotopic (exact) mass is 308 g/mol. The highest BCUT2D eigenvalue weighted by Crippen LogP contribution is 2.32. The van der Waals surface area contributed by atoms with Gasteiger partial charge in [0.1, 0.15) is 5.75 Å². The zero-order chi connectivity index (χ0) is 16.4. The normalized spacial score (nSPS) is 13.1. The maximum absolute atomic E-state index is 12.5. The molecule has 1 aliphatic heterocycles. The molecule has 1 amide bonds. The van der Waals surface area contributed by atoms with E-state index in [0.29, 0.717) is 28.4 Å². The molecule has 1 N–H and O–H groups in total. The van der Waals surface area contributed by atoms with Crippen LogP contribution < -0.4 is 10.1 Å². The first-order valence-corrected chi connectivity index (χ1v) is 7.24. The zero-order valence-corrected chi connectivity index (χ0v) is 12.9. The Bertz CT molecular complexity index is 825. The fourth-order valence-corrected chi connectivity index (χ4v) is 2.61. The molecule has 0 saturated carbocycles. The predicted molar refractivity (Wildman–Crippen MR) is 88.9 cm³/mol. The summed E-state index contributed by atoms with van der Waals surface area (Å²) in [5.41, 5.74) is 3.24. The largest absolute Gasteiger partial charge is 0.496 e. The number of para-hydroxylation sites is 1. The Hall–Kier alpha value is -2.95. The van der Waals surface area contributed by atoms with E-state index in [4.69, 9.17) is 4.74 Å². The quantitative estimate of drug-likeness (QED) is 0.945. The molecule has 0 spiro atoms. The van der Waals surface area contributed by atoms with E-state index >= 15 is 0 Å². The van der Waals surface area contributed by atoms with Gasteiger partial charge in [-0.3, -0.25) is 14.6 Å². The Morgan fingerprint density at radius 2 is 1.96 bits per heavy atom. The van der Waals surface area contributed by atoms with Crippen LogP contribution in [0, 0.1) is 0 Å². The number of amides is 1. The van der Waals surface area contributed by atoms with Gasteiger partial charge in [-0.2, -0.15) is 0 Å². The average Bonchev–Trinajstić information content (AvgIpc) is 2.54. The van der Waals surface area contributed by atoms with Gasteiger partial charge >= 0.3 is 0 Å². The molecule has 0 aromatic heterocycles. The summed E-state index contributed by atoms with van der Waals surface area (Å²) < 4.78 is 5.35. The van der Waals surface area contributed by atoms with Crippen molar-refractivity contribution in [3.05, 3.63) is 53.6 Å². The van der Waals surface area contributed by atoms with Crippen LogP contribution in [0.5, 0.6) is 5.75 Å². The molecule has 2 aromatic carbocycles. The SMILES string of the molecule is COc1ccccc1C1=Nc2ccc(NC(C)=O)cc2C(=O)C1. The minimum Gasteiger partial charge on any atom is -0.496 e. The minimum atomic E-state index is -0.175. The van der Waals surface area contributed by atoms with Gasteiger partial charge in [-0.25, -0.2) is 0 Å². The van der Waals surface area contributed by atoms with E-state index in [0.717, 1.165) is 5.56 Å². The first-order chi connectivity index (χ1) is 11.1. The number of anilines is 1. The molecule has 0 unspecified atom stereocenters. The molecule has 23 heavy (non-hydrogen) atoms. The summed E-state index contributed by atoms with van der Waals surface area (Å²) in [5.74, 6) is 0.492. The third-order valence-electron chi connectivity index (χ3n) is 3.62. The van der Waals surface area contributed by atoms with Gasteiger partial charge in [-0.05, 0) is 30.3 Å². The van der Waals surface area contributed by atoms with Crippen LogP contribution in [-0.4, -0.2) is 24.5 Å². The molecule has 0 atom stereocenters. The van der Waals surface area contributed by atoms with Gasteiger partial charge in [0.2, 0.25) is 5.91 Å². The third-order valence-corrected chi connectivity index (χ3v) is 3.62. The van der Waals surface area contributed by atoms with E-state index in [9.17, 15) is 9.59 Å². The summed E-state index contributed by atoms with van der Waals surface area (Å²) in [4.78, 5) is 28.2. The Morgan fingerprint density at radius 3 is 2.70 bits per heavy atom. The molecule has 0 bridgehead atoms. The van der Waals surface area contributed by atoms with Crippen molar-refractivity contribution in [2.45, 2.75) is 13.3 Å². The van der Waals surface area contributed by atoms with E-state index in [1.807, 2.05) is 24.3 Å². The second-order valence-corrected chi connectivity index (χ2v) is 5.27. The number of ketones is 1. The van der Waals surface area contributed by atoms with Gasteiger partial charge in [0, 0.05) is 23.7 Å². The number of carbonyl (C=O) groups excluding carboxylic acids is 2. The molecule has 1 heterocycles. The minimum absolute atomic E-state index is 0.0249. The van der Waals surface area contributed by atoms with Crippen LogP contribution in [0.1, 0.15) is 29.3 Å². The van der Waals surface area contributed by atoms with E-state index in [1.54, 1.807) is 25.3 Å². The number of hydrogen-bond donors (Lipinski definition) is 1. The Labute approximate surface area is 134 Å². The Balaban J connectivity index is 2.03. The van der Waals surface area contributed by atoms with E-state index in [1.165, 1.54) is 6.92 Å². The maximum Gasteiger partial charge on any atom is 0.221 e. The first-order valence-electron chi connectivity index (χ1n) is 7.24. The molecule has 0 aliphatic carbocycles. The van der Waals surface area contributed by atoms with Crippen molar-refractivity contribution in [2.24, 2.45) is 4.99 Å². The number of nitrogens with one attached hydrogen (secondary N) is 1. The molecule has 2 aromatic rings. The van der Waals surface area contributed by atoms with Crippen LogP contribution in [0.3, 0.4) is 0 Å². The lowest BCUT2D eigenvalue weighted by molar-refractivity contribution is -0.114. The van der Waals surface area contributed by atoms with Crippen molar-refractivity contribution < 1.29 is 14.3 Å². The van der Waals surface area contributed by atoms with Crippen molar-refractivity contribution in [3.8, 4) is 5.75 Å². The van der Waals surface area contributed by atoms with Gasteiger partial charge in [-0.15, -0.1) is 0 Å². The van der Waals surface area contributed by atoms with Gasteiger partial charge in [0.25, 0.3) is 0 Å². The number of methoxy groups -OCH3 is 1. The fraction of sp³-hybridized carbons (Fsp3) is 0.167. The summed E-state index contributed by atoms with van der Waals surface area (Å²) in [5, 5.41) is 2.68. The van der Waals surface area contributed by atoms with Gasteiger partial charge in [0.05, 0.1) is 24.9 Å². The molecule has 0 saturated heterocycles. The summed E-state index contributed by atoms with van der Waals surface area (Å²) in [6.07, 6.45) is 0.205. The highest BCUT2D eigenvalue weighted by atomic mass is 16.5. The van der Waals surface area contributed by atoms with Crippen LogP contribution in [0.4, 0.5) is 11.4 Å². The second kappa shape index (κ2) is 6.04. The maximum atomic E-state index is 12.5. The molecular weight excluding hydrogens is 292 g/mol. The second-order valence-electron chi connectivity index (χ2n) is 5.27. The predicted octanol–water partition coefficient (Wildman–Crippen LogP) is 3.36. The molecule has 5 nitrogen and oxygen atoms in total. The van der Waals surface area contributed by atoms with Gasteiger partial charge in [-0.1, -0.05) is 12.1 Å². The third kappa shape index (κ3) is 2.99. The van der Waals surface area contributed by atoms with Crippen LogP contribution in [0.15, 0.2) is 47.5 Å². The molecule has 5 heteroatoms. The molecule has 3 rings (SSSR count). The summed E-state index contributed by atoms with van der Waals surface area (Å²) in [6.45, 7) is 1.43. The number of benzene rings is 2. The molecule has 1 aliphatic rings. The van der Waals surface area contributed by atoms with Crippen molar-refractivity contribution in [1.82, 2.24) is 0 Å². The fourth-order valence-electron chi connectivity index (χ4n) is 2.61. The number of rotatable bonds is 3.